The molecule has 0 unspecified atom stereocenters. The fourth-order valence-corrected chi connectivity index (χ4v) is 2.17. The Kier molecular flexibility index (Phi) is 10.8. The molecule has 0 bridgehead atoms. The second-order valence-corrected chi connectivity index (χ2v) is 6.09. The summed E-state index contributed by atoms with van der Waals surface area (Å²) in [6.07, 6.45) is 8.10. The summed E-state index contributed by atoms with van der Waals surface area (Å²) < 4.78 is 5.65. The predicted molar refractivity (Wildman–Crippen MR) is 110 cm³/mol. The highest BCUT2D eigenvalue weighted by Gasteiger charge is 2.21. The van der Waals surface area contributed by atoms with Crippen LogP contribution < -0.4 is 15.4 Å². The lowest BCUT2D eigenvalue weighted by molar-refractivity contribution is 0.288. The van der Waals surface area contributed by atoms with Crippen molar-refractivity contribution in [2.75, 3.05) is 19.7 Å². The molecule has 0 spiro atoms. The van der Waals surface area contributed by atoms with Crippen molar-refractivity contribution in [2.45, 2.75) is 52.5 Å². The van der Waals surface area contributed by atoms with E-state index in [-0.39, 0.29) is 24.0 Å². The van der Waals surface area contributed by atoms with Gasteiger partial charge < -0.3 is 15.4 Å². The number of halogens is 1. The Hall–Kier alpha value is -1.05. The molecule has 0 amide bonds. The molecule has 0 aliphatic heterocycles. The molecule has 1 fully saturated rings. The minimum atomic E-state index is 0. The van der Waals surface area contributed by atoms with Gasteiger partial charge in [-0.1, -0.05) is 25.8 Å². The lowest BCUT2D eigenvalue weighted by Crippen LogP contribution is -2.37. The zero-order chi connectivity index (χ0) is 16.3. The number of guanidine groups is 1. The number of hydrogen-bond donors (Lipinski definition) is 2. The molecule has 2 rings (SSSR count). The Balaban J connectivity index is 0.00000288. The topological polar surface area (TPSA) is 58.5 Å². The van der Waals surface area contributed by atoms with Crippen LogP contribution in [0.3, 0.4) is 0 Å². The van der Waals surface area contributed by atoms with E-state index in [0.717, 1.165) is 37.1 Å². The highest BCUT2D eigenvalue weighted by atomic mass is 127. The van der Waals surface area contributed by atoms with Crippen LogP contribution in [0.1, 0.15) is 51.5 Å². The Labute approximate surface area is 163 Å². The predicted octanol–water partition coefficient (Wildman–Crippen LogP) is 3.73. The number of pyridine rings is 1. The molecule has 136 valence electrons. The largest absolute Gasteiger partial charge is 0.477 e. The van der Waals surface area contributed by atoms with Crippen molar-refractivity contribution in [3.8, 4) is 5.88 Å². The van der Waals surface area contributed by atoms with Gasteiger partial charge >= 0.3 is 0 Å². The number of nitrogens with one attached hydrogen (secondary N) is 2. The summed E-state index contributed by atoms with van der Waals surface area (Å²) in [5.41, 5.74) is 1.09. The molecule has 0 atom stereocenters. The van der Waals surface area contributed by atoms with Crippen LogP contribution in [0.2, 0.25) is 0 Å². The number of aliphatic imine (C=N–C) groups is 1. The van der Waals surface area contributed by atoms with Crippen molar-refractivity contribution < 1.29 is 4.74 Å². The van der Waals surface area contributed by atoms with E-state index < -0.39 is 0 Å². The van der Waals surface area contributed by atoms with Crippen LogP contribution in [-0.2, 0) is 6.54 Å². The van der Waals surface area contributed by atoms with E-state index in [1.165, 1.54) is 32.1 Å². The highest BCUT2D eigenvalue weighted by molar-refractivity contribution is 14.0. The van der Waals surface area contributed by atoms with Gasteiger partial charge in [0.1, 0.15) is 0 Å². The van der Waals surface area contributed by atoms with Crippen molar-refractivity contribution >= 4 is 29.9 Å². The number of hydrogen-bond acceptors (Lipinski definition) is 3. The van der Waals surface area contributed by atoms with Crippen molar-refractivity contribution in [1.82, 2.24) is 15.6 Å². The molecule has 0 radical (unpaired) electrons. The molecule has 1 aliphatic rings. The maximum absolute atomic E-state index is 5.65. The number of aromatic nitrogens is 1. The fraction of sp³-hybridized carbons (Fsp3) is 0.667. The molecule has 1 aromatic heterocycles. The highest BCUT2D eigenvalue weighted by Crippen LogP contribution is 2.29. The zero-order valence-corrected chi connectivity index (χ0v) is 17.2. The van der Waals surface area contributed by atoms with E-state index in [4.69, 9.17) is 4.74 Å². The summed E-state index contributed by atoms with van der Waals surface area (Å²) in [4.78, 5) is 8.97. The molecule has 1 saturated carbocycles. The van der Waals surface area contributed by atoms with Crippen molar-refractivity contribution in [2.24, 2.45) is 10.9 Å². The minimum Gasteiger partial charge on any atom is -0.477 e. The summed E-state index contributed by atoms with van der Waals surface area (Å²) in [6, 6.07) is 3.98. The van der Waals surface area contributed by atoms with Gasteiger partial charge in [-0.25, -0.2) is 9.98 Å². The van der Waals surface area contributed by atoms with Gasteiger partial charge in [0.25, 0.3) is 0 Å². The molecule has 2 N–H and O–H groups in total. The van der Waals surface area contributed by atoms with Crippen LogP contribution in [0, 0.1) is 5.92 Å². The van der Waals surface area contributed by atoms with E-state index in [9.17, 15) is 0 Å². The van der Waals surface area contributed by atoms with E-state index >= 15 is 0 Å². The van der Waals surface area contributed by atoms with Gasteiger partial charge in [-0.15, -0.1) is 24.0 Å². The average Bonchev–Trinajstić information content (AvgIpc) is 3.40. The third kappa shape index (κ3) is 8.70. The van der Waals surface area contributed by atoms with Gasteiger partial charge in [-0.2, -0.15) is 0 Å². The molecule has 6 heteroatoms. The molecule has 1 aromatic rings. The van der Waals surface area contributed by atoms with Crippen LogP contribution >= 0.6 is 24.0 Å². The normalized spacial score (nSPS) is 14.0. The molecular weight excluding hydrogens is 415 g/mol. The number of unbranched alkanes of at least 4 members (excludes halogenated alkanes) is 2. The molecule has 24 heavy (non-hydrogen) atoms. The quantitative estimate of drug-likeness (QED) is 0.249. The number of nitrogens with zero attached hydrogens (tertiary/aromatic N) is 2. The van der Waals surface area contributed by atoms with E-state index in [2.05, 4.69) is 34.5 Å². The van der Waals surface area contributed by atoms with E-state index in [1.807, 2.05) is 18.3 Å². The van der Waals surface area contributed by atoms with Crippen LogP contribution in [0.4, 0.5) is 0 Å². The standard InChI is InChI=1S/C18H30N4O.HI/c1-3-5-6-11-20-18(19-4-2)22-13-16-9-10-17(21-12-16)23-14-15-7-8-15;/h9-10,12,15H,3-8,11,13-14H2,1-2H3,(H2,19,20,22);1H. The lowest BCUT2D eigenvalue weighted by Gasteiger charge is -2.11. The van der Waals surface area contributed by atoms with Crippen molar-refractivity contribution in [3.05, 3.63) is 23.9 Å². The van der Waals surface area contributed by atoms with E-state index in [0.29, 0.717) is 12.4 Å². The van der Waals surface area contributed by atoms with Gasteiger partial charge in [0.05, 0.1) is 13.2 Å². The second kappa shape index (κ2) is 12.3. The first-order chi connectivity index (χ1) is 11.3. The first-order valence-corrected chi connectivity index (χ1v) is 8.91. The first kappa shape index (κ1) is 21.0. The SMILES string of the molecule is CCCCCNC(=NCc1ccc(OCC2CC2)nc1)NCC.I. The molecule has 5 nitrogen and oxygen atoms in total. The molecule has 0 aromatic carbocycles. The molecule has 0 saturated heterocycles. The first-order valence-electron chi connectivity index (χ1n) is 8.91. The Morgan fingerprint density at radius 1 is 1.25 bits per heavy atom. The third-order valence-corrected chi connectivity index (χ3v) is 3.80. The Morgan fingerprint density at radius 2 is 2.08 bits per heavy atom. The van der Waals surface area contributed by atoms with E-state index in [1.54, 1.807) is 0 Å². The Bertz CT molecular complexity index is 474. The monoisotopic (exact) mass is 446 g/mol. The van der Waals surface area contributed by atoms with Gasteiger partial charge in [-0.05, 0) is 37.7 Å². The van der Waals surface area contributed by atoms with Gasteiger partial charge in [0, 0.05) is 25.4 Å². The fourth-order valence-electron chi connectivity index (χ4n) is 2.17. The maximum atomic E-state index is 5.65. The minimum absolute atomic E-state index is 0. The van der Waals surface area contributed by atoms with Gasteiger partial charge in [-0.3, -0.25) is 0 Å². The van der Waals surface area contributed by atoms with Crippen LogP contribution in [0.5, 0.6) is 5.88 Å². The van der Waals surface area contributed by atoms with Gasteiger partial charge in [0.2, 0.25) is 5.88 Å². The van der Waals surface area contributed by atoms with Crippen LogP contribution in [-0.4, -0.2) is 30.6 Å². The van der Waals surface area contributed by atoms with Crippen molar-refractivity contribution in [1.29, 1.82) is 0 Å². The summed E-state index contributed by atoms with van der Waals surface area (Å²) in [5, 5.41) is 6.65. The van der Waals surface area contributed by atoms with Crippen LogP contribution in [0.15, 0.2) is 23.3 Å². The number of rotatable bonds is 10. The van der Waals surface area contributed by atoms with Crippen molar-refractivity contribution in [3.63, 3.8) is 0 Å². The molecule has 1 heterocycles. The molecule has 1 aliphatic carbocycles. The number of ether oxygens (including phenoxy) is 1. The van der Waals surface area contributed by atoms with Gasteiger partial charge in [0.15, 0.2) is 5.96 Å². The third-order valence-electron chi connectivity index (χ3n) is 3.80. The molecular formula is C18H31IN4O. The lowest BCUT2D eigenvalue weighted by atomic mass is 10.2. The second-order valence-electron chi connectivity index (χ2n) is 6.09. The average molecular weight is 446 g/mol. The summed E-state index contributed by atoms with van der Waals surface area (Å²) in [5.74, 6) is 2.34. The Morgan fingerprint density at radius 3 is 2.71 bits per heavy atom. The summed E-state index contributed by atoms with van der Waals surface area (Å²) in [7, 11) is 0. The zero-order valence-electron chi connectivity index (χ0n) is 14.9. The smallest absolute Gasteiger partial charge is 0.213 e. The van der Waals surface area contributed by atoms with Crippen LogP contribution in [0.25, 0.3) is 0 Å². The summed E-state index contributed by atoms with van der Waals surface area (Å²) >= 11 is 0. The summed E-state index contributed by atoms with van der Waals surface area (Å²) in [6.45, 7) is 7.55. The maximum Gasteiger partial charge on any atom is 0.213 e.